The molecule has 1 unspecified atom stereocenters. The lowest BCUT2D eigenvalue weighted by atomic mass is 9.98. The molecule has 0 spiro atoms. The predicted molar refractivity (Wildman–Crippen MR) is 123 cm³/mol. The normalized spacial score (nSPS) is 17.2. The maximum absolute atomic E-state index is 12.8. The second-order valence-corrected chi connectivity index (χ2v) is 10.5. The molecule has 0 aliphatic carbocycles. The Morgan fingerprint density at radius 3 is 2.53 bits per heavy atom. The number of ether oxygens (including phenoxy) is 1. The quantitative estimate of drug-likeness (QED) is 0.574. The van der Waals surface area contributed by atoms with E-state index in [2.05, 4.69) is 15.6 Å². The van der Waals surface area contributed by atoms with Crippen molar-refractivity contribution in [3.63, 3.8) is 0 Å². The van der Waals surface area contributed by atoms with Gasteiger partial charge in [-0.2, -0.15) is 0 Å². The number of piperazine rings is 1. The molecule has 1 aliphatic heterocycles. The van der Waals surface area contributed by atoms with Crippen LogP contribution in [-0.2, 0) is 21.3 Å². The molecule has 3 N–H and O–H groups in total. The standard InChI is InChI=1S/C23H32N4O4S/c1-17-9-11-19(12-10-17)32(29,30)26-25-15-18-7-5-6-8-20(18)21-16-24-13-14-27(21)22(28)31-23(2,3)4/h5-12,21,24-26H,13-16H2,1-4H3. The lowest BCUT2D eigenvalue weighted by Crippen LogP contribution is -2.50. The minimum atomic E-state index is -3.69. The van der Waals surface area contributed by atoms with Gasteiger partial charge in [-0.25, -0.2) is 18.6 Å². The first-order chi connectivity index (χ1) is 15.1. The highest BCUT2D eigenvalue weighted by molar-refractivity contribution is 7.89. The van der Waals surface area contributed by atoms with Crippen LogP contribution in [0.15, 0.2) is 53.4 Å². The van der Waals surface area contributed by atoms with Gasteiger partial charge in [-0.3, -0.25) is 4.90 Å². The third kappa shape index (κ3) is 6.29. The van der Waals surface area contributed by atoms with Crippen molar-refractivity contribution in [3.8, 4) is 0 Å². The zero-order chi connectivity index (χ0) is 23.4. The molecule has 1 aliphatic rings. The molecule has 0 aromatic heterocycles. The van der Waals surface area contributed by atoms with Gasteiger partial charge in [0.2, 0.25) is 0 Å². The number of hydrogen-bond donors (Lipinski definition) is 3. The summed E-state index contributed by atoms with van der Waals surface area (Å²) in [6.45, 7) is 9.51. The Balaban J connectivity index is 1.73. The summed E-state index contributed by atoms with van der Waals surface area (Å²) in [6, 6.07) is 14.1. The van der Waals surface area contributed by atoms with Crippen LogP contribution in [0.4, 0.5) is 4.79 Å². The lowest BCUT2D eigenvalue weighted by molar-refractivity contribution is 0.0117. The maximum atomic E-state index is 12.8. The van der Waals surface area contributed by atoms with Crippen molar-refractivity contribution in [1.82, 2.24) is 20.5 Å². The van der Waals surface area contributed by atoms with Crippen molar-refractivity contribution in [3.05, 3.63) is 65.2 Å². The number of nitrogens with zero attached hydrogens (tertiary/aromatic N) is 1. The van der Waals surface area contributed by atoms with E-state index in [-0.39, 0.29) is 23.6 Å². The number of carbonyl (C=O) groups is 1. The van der Waals surface area contributed by atoms with Gasteiger partial charge in [-0.05, 0) is 51.0 Å². The molecule has 8 nitrogen and oxygen atoms in total. The Labute approximate surface area is 190 Å². The Morgan fingerprint density at radius 1 is 1.16 bits per heavy atom. The van der Waals surface area contributed by atoms with Gasteiger partial charge in [0.1, 0.15) is 5.60 Å². The summed E-state index contributed by atoms with van der Waals surface area (Å²) in [5.41, 5.74) is 5.06. The molecule has 1 saturated heterocycles. The van der Waals surface area contributed by atoms with E-state index >= 15 is 0 Å². The van der Waals surface area contributed by atoms with Gasteiger partial charge in [0.15, 0.2) is 0 Å². The molecule has 174 valence electrons. The van der Waals surface area contributed by atoms with Gasteiger partial charge in [0.05, 0.1) is 10.9 Å². The number of carbonyl (C=O) groups excluding carboxylic acids is 1. The van der Waals surface area contributed by atoms with Crippen LogP contribution in [0.25, 0.3) is 0 Å². The fourth-order valence-electron chi connectivity index (χ4n) is 3.54. The molecular formula is C23H32N4O4S. The van der Waals surface area contributed by atoms with Crippen LogP contribution >= 0.6 is 0 Å². The summed E-state index contributed by atoms with van der Waals surface area (Å²) in [5, 5.41) is 3.33. The fraction of sp³-hybridized carbons (Fsp3) is 0.435. The molecule has 2 aromatic rings. The molecule has 1 heterocycles. The van der Waals surface area contributed by atoms with E-state index in [1.807, 2.05) is 52.0 Å². The molecule has 32 heavy (non-hydrogen) atoms. The highest BCUT2D eigenvalue weighted by atomic mass is 32.2. The summed E-state index contributed by atoms with van der Waals surface area (Å²) >= 11 is 0. The molecule has 2 aromatic carbocycles. The van der Waals surface area contributed by atoms with Crippen molar-refractivity contribution < 1.29 is 17.9 Å². The second-order valence-electron chi connectivity index (χ2n) is 8.86. The van der Waals surface area contributed by atoms with E-state index in [4.69, 9.17) is 4.74 Å². The van der Waals surface area contributed by atoms with Crippen molar-refractivity contribution in [2.45, 2.75) is 50.8 Å². The monoisotopic (exact) mass is 460 g/mol. The highest BCUT2D eigenvalue weighted by Gasteiger charge is 2.32. The van der Waals surface area contributed by atoms with Gasteiger partial charge in [-0.15, -0.1) is 4.83 Å². The number of benzene rings is 2. The molecule has 0 bridgehead atoms. The number of sulfonamides is 1. The Hall–Kier alpha value is -2.46. The van der Waals surface area contributed by atoms with Gasteiger partial charge in [0.25, 0.3) is 10.0 Å². The molecular weight excluding hydrogens is 428 g/mol. The van der Waals surface area contributed by atoms with Crippen LogP contribution in [-0.4, -0.2) is 44.6 Å². The van der Waals surface area contributed by atoms with Crippen LogP contribution in [0.1, 0.15) is 43.5 Å². The zero-order valence-corrected chi connectivity index (χ0v) is 19.8. The zero-order valence-electron chi connectivity index (χ0n) is 19.0. The highest BCUT2D eigenvalue weighted by Crippen LogP contribution is 2.27. The Bertz CT molecular complexity index is 1030. The minimum Gasteiger partial charge on any atom is -0.444 e. The summed E-state index contributed by atoms with van der Waals surface area (Å²) < 4.78 is 30.7. The van der Waals surface area contributed by atoms with E-state index in [0.29, 0.717) is 19.6 Å². The van der Waals surface area contributed by atoms with Crippen LogP contribution < -0.4 is 15.6 Å². The van der Waals surface area contributed by atoms with E-state index in [0.717, 1.165) is 16.7 Å². The first-order valence-corrected chi connectivity index (χ1v) is 12.1. The van der Waals surface area contributed by atoms with Crippen molar-refractivity contribution in [1.29, 1.82) is 0 Å². The van der Waals surface area contributed by atoms with Gasteiger partial charge in [-0.1, -0.05) is 42.0 Å². The SMILES string of the molecule is Cc1ccc(S(=O)(=O)NNCc2ccccc2C2CNCCN2C(=O)OC(C)(C)C)cc1. The summed E-state index contributed by atoms with van der Waals surface area (Å²) in [6.07, 6.45) is -0.355. The summed E-state index contributed by atoms with van der Waals surface area (Å²) in [5.74, 6) is 0. The molecule has 3 rings (SSSR count). The van der Waals surface area contributed by atoms with Crippen molar-refractivity contribution in [2.24, 2.45) is 0 Å². The van der Waals surface area contributed by atoms with Crippen LogP contribution in [0, 0.1) is 6.92 Å². The summed E-state index contributed by atoms with van der Waals surface area (Å²) in [4.78, 5) is 17.2. The van der Waals surface area contributed by atoms with E-state index < -0.39 is 15.6 Å². The molecule has 0 radical (unpaired) electrons. The van der Waals surface area contributed by atoms with Gasteiger partial charge >= 0.3 is 6.09 Å². The Morgan fingerprint density at radius 2 is 1.84 bits per heavy atom. The number of hydrazine groups is 1. The number of amides is 1. The molecule has 9 heteroatoms. The topological polar surface area (TPSA) is 99.8 Å². The second kappa shape index (κ2) is 9.99. The number of nitrogens with one attached hydrogen (secondary N) is 3. The average molecular weight is 461 g/mol. The predicted octanol–water partition coefficient (Wildman–Crippen LogP) is 2.86. The van der Waals surface area contributed by atoms with E-state index in [1.54, 1.807) is 29.2 Å². The van der Waals surface area contributed by atoms with Crippen LogP contribution in [0.2, 0.25) is 0 Å². The van der Waals surface area contributed by atoms with Gasteiger partial charge < -0.3 is 10.1 Å². The molecule has 1 atom stereocenters. The van der Waals surface area contributed by atoms with E-state index in [1.165, 1.54) is 0 Å². The average Bonchev–Trinajstić information content (AvgIpc) is 2.73. The van der Waals surface area contributed by atoms with Crippen LogP contribution in [0.3, 0.4) is 0 Å². The first kappa shape index (κ1) is 24.2. The number of rotatable bonds is 6. The van der Waals surface area contributed by atoms with Crippen molar-refractivity contribution in [2.75, 3.05) is 19.6 Å². The third-order valence-electron chi connectivity index (χ3n) is 5.10. The Kier molecular flexibility index (Phi) is 7.55. The third-order valence-corrected chi connectivity index (χ3v) is 6.41. The molecule has 1 amide bonds. The first-order valence-electron chi connectivity index (χ1n) is 10.7. The smallest absolute Gasteiger partial charge is 0.410 e. The molecule has 1 fully saturated rings. The largest absolute Gasteiger partial charge is 0.444 e. The molecule has 0 saturated carbocycles. The summed E-state index contributed by atoms with van der Waals surface area (Å²) in [7, 11) is -3.69. The number of hydrogen-bond acceptors (Lipinski definition) is 6. The lowest BCUT2D eigenvalue weighted by Gasteiger charge is -2.38. The number of aryl methyl sites for hydroxylation is 1. The fourth-order valence-corrected chi connectivity index (χ4v) is 4.42. The van der Waals surface area contributed by atoms with Crippen LogP contribution in [0.5, 0.6) is 0 Å². The minimum absolute atomic E-state index is 0.191. The van der Waals surface area contributed by atoms with E-state index in [9.17, 15) is 13.2 Å². The van der Waals surface area contributed by atoms with Gasteiger partial charge in [0, 0.05) is 26.2 Å². The van der Waals surface area contributed by atoms with Crippen molar-refractivity contribution >= 4 is 16.1 Å². The maximum Gasteiger partial charge on any atom is 0.410 e.